The maximum absolute atomic E-state index is 12.8. The summed E-state index contributed by atoms with van der Waals surface area (Å²) in [5.41, 5.74) is 9.37. The number of fused-ring (bicyclic) bond motifs is 1. The van der Waals surface area contributed by atoms with Crippen LogP contribution in [0.4, 0.5) is 5.69 Å². The number of benzene rings is 3. The van der Waals surface area contributed by atoms with Crippen molar-refractivity contribution in [2.24, 2.45) is 5.41 Å². The molecule has 1 aliphatic rings. The summed E-state index contributed by atoms with van der Waals surface area (Å²) in [6.45, 7) is 13.3. The Hall–Kier alpha value is -4.25. The molecule has 1 unspecified atom stereocenters. The highest BCUT2D eigenvalue weighted by molar-refractivity contribution is 5.95. The highest BCUT2D eigenvalue weighted by atomic mass is 16.2. The van der Waals surface area contributed by atoms with Crippen LogP contribution in [0.1, 0.15) is 77.4 Å². The topological polar surface area (TPSA) is 80.5 Å². The van der Waals surface area contributed by atoms with Crippen LogP contribution in [0.5, 0.6) is 0 Å². The predicted molar refractivity (Wildman–Crippen MR) is 172 cm³/mol. The number of hydrogen-bond acceptors (Lipinski definition) is 4. The van der Waals surface area contributed by atoms with Crippen molar-refractivity contribution in [1.82, 2.24) is 4.90 Å². The van der Waals surface area contributed by atoms with E-state index in [0.717, 1.165) is 16.7 Å². The Balaban J connectivity index is 0. The van der Waals surface area contributed by atoms with Crippen LogP contribution in [0.15, 0.2) is 97.7 Å². The van der Waals surface area contributed by atoms with E-state index in [9.17, 15) is 14.4 Å². The van der Waals surface area contributed by atoms with E-state index >= 15 is 0 Å². The maximum Gasteiger partial charge on any atom is 0.234 e. The highest BCUT2D eigenvalue weighted by Crippen LogP contribution is 2.32. The Kier molecular flexibility index (Phi) is 13.5. The third kappa shape index (κ3) is 10.5. The Morgan fingerprint density at radius 3 is 2.08 bits per heavy atom. The normalized spacial score (nSPS) is 13.7. The molecule has 1 atom stereocenters. The van der Waals surface area contributed by atoms with E-state index in [4.69, 9.17) is 5.73 Å². The lowest BCUT2D eigenvalue weighted by molar-refractivity contribution is -0.134. The number of amides is 1. The lowest BCUT2D eigenvalue weighted by atomic mass is 9.81. The fourth-order valence-electron chi connectivity index (χ4n) is 3.94. The zero-order valence-electron chi connectivity index (χ0n) is 23.7. The summed E-state index contributed by atoms with van der Waals surface area (Å²) in [6.07, 6.45) is 5.64. The minimum atomic E-state index is -0.446. The van der Waals surface area contributed by atoms with E-state index in [2.05, 4.69) is 6.58 Å². The monoisotopic (exact) mass is 544 g/mol. The summed E-state index contributed by atoms with van der Waals surface area (Å²) in [6, 6.07) is 25.1. The quantitative estimate of drug-likeness (QED) is 0.199. The molecule has 40 heavy (non-hydrogen) atoms. The van der Waals surface area contributed by atoms with Crippen LogP contribution < -0.4 is 5.73 Å². The Labute approximate surface area is 243 Å². The van der Waals surface area contributed by atoms with Gasteiger partial charge < -0.3 is 10.6 Å². The fourth-order valence-corrected chi connectivity index (χ4v) is 3.94. The molecule has 0 radical (unpaired) electrons. The third-order valence-electron chi connectivity index (χ3n) is 6.11. The first-order valence-corrected chi connectivity index (χ1v) is 13.0. The van der Waals surface area contributed by atoms with E-state index in [1.807, 2.05) is 107 Å². The van der Waals surface area contributed by atoms with Crippen LogP contribution in [0.3, 0.4) is 0 Å². The SMILES string of the molecule is C.C=CCN1C=Cc2ccccc2C(CC(=O)C(C)(C)C)C1=O.CC(=O)c1cc(C)cc(N)c1.[HH].[HH].c1ccccc1. The summed E-state index contributed by atoms with van der Waals surface area (Å²) in [5, 5.41) is 0. The number of anilines is 1. The van der Waals surface area contributed by atoms with Gasteiger partial charge in [0.15, 0.2) is 5.78 Å². The van der Waals surface area contributed by atoms with Gasteiger partial charge in [-0.1, -0.05) is 94.9 Å². The van der Waals surface area contributed by atoms with Gasteiger partial charge >= 0.3 is 0 Å². The number of carbonyl (C=O) groups excluding carboxylic acids is 3. The van der Waals surface area contributed by atoms with E-state index in [-0.39, 0.29) is 34.2 Å². The van der Waals surface area contributed by atoms with E-state index in [1.54, 1.807) is 23.2 Å². The van der Waals surface area contributed by atoms with Crippen molar-refractivity contribution in [3.63, 3.8) is 0 Å². The molecule has 1 amide bonds. The van der Waals surface area contributed by atoms with Crippen LogP contribution in [0, 0.1) is 12.3 Å². The number of carbonyl (C=O) groups is 3. The highest BCUT2D eigenvalue weighted by Gasteiger charge is 2.33. The van der Waals surface area contributed by atoms with Crippen molar-refractivity contribution < 1.29 is 17.2 Å². The molecule has 3 aromatic rings. The van der Waals surface area contributed by atoms with Gasteiger partial charge in [0.1, 0.15) is 5.78 Å². The van der Waals surface area contributed by atoms with E-state index in [0.29, 0.717) is 17.8 Å². The molecule has 0 aliphatic carbocycles. The minimum Gasteiger partial charge on any atom is -0.399 e. The van der Waals surface area contributed by atoms with Gasteiger partial charge in [0.25, 0.3) is 0 Å². The second kappa shape index (κ2) is 16.0. The number of nitrogen functional groups attached to an aromatic ring is 1. The maximum atomic E-state index is 12.8. The van der Waals surface area contributed by atoms with Gasteiger partial charge in [-0.2, -0.15) is 0 Å². The fraction of sp³-hybridized carbons (Fsp3) is 0.286. The molecular formula is C35H48N2O3. The van der Waals surface area contributed by atoms with Gasteiger partial charge in [0.2, 0.25) is 5.91 Å². The predicted octanol–water partition coefficient (Wildman–Crippen LogP) is 8.37. The van der Waals surface area contributed by atoms with E-state index in [1.165, 1.54) is 6.92 Å². The van der Waals surface area contributed by atoms with Gasteiger partial charge in [0.05, 0.1) is 5.92 Å². The Bertz CT molecular complexity index is 1270. The number of nitrogens with two attached hydrogens (primary N) is 1. The number of nitrogens with zero attached hydrogens (tertiary/aromatic N) is 1. The molecule has 0 bridgehead atoms. The summed E-state index contributed by atoms with van der Waals surface area (Å²) >= 11 is 0. The van der Waals surface area contributed by atoms with Gasteiger partial charge in [0, 0.05) is 38.7 Å². The number of rotatable bonds is 5. The van der Waals surface area contributed by atoms with Crippen molar-refractivity contribution in [1.29, 1.82) is 0 Å². The Morgan fingerprint density at radius 2 is 1.57 bits per heavy atom. The number of hydrogen-bond donors (Lipinski definition) is 1. The molecule has 5 nitrogen and oxygen atoms in total. The summed E-state index contributed by atoms with van der Waals surface area (Å²) in [5.74, 6) is -0.321. The summed E-state index contributed by atoms with van der Waals surface area (Å²) in [7, 11) is 0. The molecule has 0 saturated carbocycles. The first-order valence-electron chi connectivity index (χ1n) is 13.0. The van der Waals surface area contributed by atoms with Crippen molar-refractivity contribution in [3.8, 4) is 0 Å². The largest absolute Gasteiger partial charge is 0.399 e. The molecule has 0 fully saturated rings. The molecule has 0 aromatic heterocycles. The average Bonchev–Trinajstić information content (AvgIpc) is 3.02. The lowest BCUT2D eigenvalue weighted by Gasteiger charge is -2.25. The van der Waals surface area contributed by atoms with Crippen LogP contribution in [-0.4, -0.2) is 28.9 Å². The average molecular weight is 545 g/mol. The number of aryl methyl sites for hydroxylation is 1. The second-order valence-electron chi connectivity index (χ2n) is 10.5. The molecule has 4 rings (SSSR count). The standard InChI is InChI=1S/C19H23NO2.C9H11NO.C6H6.CH4.2H2/c1-5-11-20-12-10-14-8-6-7-9-15(14)16(18(20)22)13-17(21)19(2,3)4;1-6-3-8(7(2)11)5-9(10)4-6;1-2-4-6-5-3-1;;;/h5-10,12,16H,1,11,13H2,2-4H3;3-5H,10H2,1-2H3;1-6H;1H4;2*1H. The van der Waals surface area contributed by atoms with Crippen molar-refractivity contribution in [2.75, 3.05) is 12.3 Å². The number of ketones is 2. The van der Waals surface area contributed by atoms with Crippen molar-refractivity contribution >= 4 is 29.2 Å². The third-order valence-corrected chi connectivity index (χ3v) is 6.11. The molecule has 5 heteroatoms. The first kappa shape index (κ1) is 33.8. The van der Waals surface area contributed by atoms with Crippen molar-refractivity contribution in [2.45, 2.75) is 54.4 Å². The molecule has 0 spiro atoms. The molecule has 0 saturated heterocycles. The molecular weight excluding hydrogens is 496 g/mol. The molecule has 1 heterocycles. The lowest BCUT2D eigenvalue weighted by Crippen LogP contribution is -2.33. The van der Waals surface area contributed by atoms with Gasteiger partial charge in [-0.25, -0.2) is 0 Å². The van der Waals surface area contributed by atoms with Gasteiger partial charge in [-0.05, 0) is 54.8 Å². The first-order chi connectivity index (χ1) is 18.4. The van der Waals surface area contributed by atoms with Gasteiger partial charge in [-0.3, -0.25) is 14.4 Å². The number of Topliss-reactive ketones (excluding diaryl/α,β-unsaturated/α-hetero) is 2. The van der Waals surface area contributed by atoms with Gasteiger partial charge in [-0.15, -0.1) is 6.58 Å². The van der Waals surface area contributed by atoms with Crippen LogP contribution in [0.25, 0.3) is 6.08 Å². The van der Waals surface area contributed by atoms with Crippen LogP contribution >= 0.6 is 0 Å². The summed E-state index contributed by atoms with van der Waals surface area (Å²) < 4.78 is 0. The molecule has 2 N–H and O–H groups in total. The molecule has 1 aliphatic heterocycles. The zero-order valence-corrected chi connectivity index (χ0v) is 23.7. The second-order valence-corrected chi connectivity index (χ2v) is 10.5. The van der Waals surface area contributed by atoms with Crippen LogP contribution in [0.2, 0.25) is 0 Å². The van der Waals surface area contributed by atoms with Crippen molar-refractivity contribution in [3.05, 3.63) is 120 Å². The zero-order chi connectivity index (χ0) is 29.0. The minimum absolute atomic E-state index is 0. The smallest absolute Gasteiger partial charge is 0.234 e. The van der Waals surface area contributed by atoms with E-state index < -0.39 is 11.3 Å². The molecule has 216 valence electrons. The van der Waals surface area contributed by atoms with Crippen LogP contribution in [-0.2, 0) is 9.59 Å². The Morgan fingerprint density at radius 1 is 1.00 bits per heavy atom. The molecule has 3 aromatic carbocycles. The summed E-state index contributed by atoms with van der Waals surface area (Å²) in [4.78, 5) is 37.8.